The van der Waals surface area contributed by atoms with Gasteiger partial charge >= 0.3 is 0 Å². The third-order valence-corrected chi connectivity index (χ3v) is 9.03. The van der Waals surface area contributed by atoms with Crippen LogP contribution in [0.2, 0.25) is 10.0 Å². The summed E-state index contributed by atoms with van der Waals surface area (Å²) in [7, 11) is -2.79. The molecule has 0 saturated carbocycles. The molecule has 0 radical (unpaired) electrons. The number of hydrogen-bond donors (Lipinski definition) is 1. The Bertz CT molecular complexity index is 1470. The number of carbonyl (C=O) groups is 2. The molecule has 11 heteroatoms. The number of methoxy groups -OCH3 is 1. The molecule has 220 valence electrons. The molecule has 0 aliphatic heterocycles. The maximum Gasteiger partial charge on any atom is 0.264 e. The average Bonchev–Trinajstić information content (AvgIpc) is 2.96. The molecule has 1 atom stereocenters. The summed E-state index contributed by atoms with van der Waals surface area (Å²) < 4.78 is 34.5. The zero-order chi connectivity index (χ0) is 30.2. The SMILES string of the molecule is CCCNC(=O)C(CC)N(Cc1ccc(Cl)c(Cl)c1)C(=O)CN(c1ccccc1OC)S(=O)(=O)c1ccc(C)cc1. The van der Waals surface area contributed by atoms with Crippen molar-refractivity contribution in [2.24, 2.45) is 0 Å². The minimum absolute atomic E-state index is 0.0120. The number of nitrogens with zero attached hydrogens (tertiary/aromatic N) is 2. The summed E-state index contributed by atoms with van der Waals surface area (Å²) in [5.41, 5.74) is 1.72. The number of para-hydroxylation sites is 2. The minimum Gasteiger partial charge on any atom is -0.495 e. The number of hydrogen-bond acceptors (Lipinski definition) is 5. The van der Waals surface area contributed by atoms with Crippen molar-refractivity contribution >= 4 is 50.7 Å². The standard InChI is InChI=1S/C30H35Cl2N3O5S/c1-5-17-33-30(37)26(6-2)34(19-22-13-16-24(31)25(32)18-22)29(36)20-35(27-9-7-8-10-28(27)40-4)41(38,39)23-14-11-21(3)12-15-23/h7-16,18,26H,5-6,17,19-20H2,1-4H3,(H,33,37). The van der Waals surface area contributed by atoms with Gasteiger partial charge in [0.15, 0.2) is 0 Å². The third kappa shape index (κ3) is 7.93. The van der Waals surface area contributed by atoms with Crippen molar-refractivity contribution in [3.8, 4) is 5.75 Å². The van der Waals surface area contributed by atoms with Crippen molar-refractivity contribution in [2.45, 2.75) is 51.1 Å². The second-order valence-electron chi connectivity index (χ2n) is 9.48. The topological polar surface area (TPSA) is 96.0 Å². The van der Waals surface area contributed by atoms with Crippen LogP contribution in [0.25, 0.3) is 0 Å². The van der Waals surface area contributed by atoms with E-state index in [1.165, 1.54) is 24.1 Å². The molecule has 8 nitrogen and oxygen atoms in total. The number of anilines is 1. The first kappa shape index (κ1) is 32.2. The molecule has 0 spiro atoms. The highest BCUT2D eigenvalue weighted by atomic mass is 35.5. The molecule has 0 bridgehead atoms. The summed E-state index contributed by atoms with van der Waals surface area (Å²) in [5.74, 6) is -0.621. The van der Waals surface area contributed by atoms with Gasteiger partial charge in [-0.1, -0.05) is 72.9 Å². The predicted molar refractivity (Wildman–Crippen MR) is 163 cm³/mol. The van der Waals surface area contributed by atoms with Gasteiger partial charge in [0.1, 0.15) is 18.3 Å². The Morgan fingerprint density at radius 2 is 1.66 bits per heavy atom. The first-order chi connectivity index (χ1) is 19.5. The molecule has 41 heavy (non-hydrogen) atoms. The number of nitrogens with one attached hydrogen (secondary N) is 1. The molecule has 3 rings (SSSR count). The van der Waals surface area contributed by atoms with Gasteiger partial charge in [-0.15, -0.1) is 0 Å². The Kier molecular flexibility index (Phi) is 11.5. The van der Waals surface area contributed by atoms with E-state index in [1.807, 2.05) is 13.8 Å². The van der Waals surface area contributed by atoms with E-state index in [1.54, 1.807) is 61.5 Å². The molecule has 3 aromatic rings. The van der Waals surface area contributed by atoms with Gasteiger partial charge in [0, 0.05) is 13.1 Å². The summed E-state index contributed by atoms with van der Waals surface area (Å²) in [6, 6.07) is 17.1. The van der Waals surface area contributed by atoms with Crippen LogP contribution < -0.4 is 14.4 Å². The Morgan fingerprint density at radius 3 is 2.27 bits per heavy atom. The van der Waals surface area contributed by atoms with Crippen LogP contribution in [0.1, 0.15) is 37.8 Å². The Balaban J connectivity index is 2.10. The van der Waals surface area contributed by atoms with Gasteiger partial charge in [0.2, 0.25) is 11.8 Å². The van der Waals surface area contributed by atoms with Crippen molar-refractivity contribution in [1.82, 2.24) is 10.2 Å². The highest BCUT2D eigenvalue weighted by Crippen LogP contribution is 2.33. The lowest BCUT2D eigenvalue weighted by molar-refractivity contribution is -0.140. The zero-order valence-electron chi connectivity index (χ0n) is 23.6. The summed E-state index contributed by atoms with van der Waals surface area (Å²) in [4.78, 5) is 28.7. The fourth-order valence-electron chi connectivity index (χ4n) is 4.31. The first-order valence-corrected chi connectivity index (χ1v) is 15.5. The molecule has 0 aliphatic rings. The normalized spacial score (nSPS) is 12.0. The number of aryl methyl sites for hydroxylation is 1. The molecule has 0 aromatic heterocycles. The molecule has 1 N–H and O–H groups in total. The van der Waals surface area contributed by atoms with Crippen LogP contribution in [0.15, 0.2) is 71.6 Å². The van der Waals surface area contributed by atoms with Gasteiger partial charge in [0.05, 0.1) is 27.7 Å². The van der Waals surface area contributed by atoms with Crippen molar-refractivity contribution < 1.29 is 22.7 Å². The van der Waals surface area contributed by atoms with Crippen LogP contribution in [0, 0.1) is 6.92 Å². The van der Waals surface area contributed by atoms with Crippen molar-refractivity contribution in [3.63, 3.8) is 0 Å². The molecular weight excluding hydrogens is 585 g/mol. The monoisotopic (exact) mass is 619 g/mol. The van der Waals surface area contributed by atoms with E-state index in [9.17, 15) is 18.0 Å². The molecule has 0 heterocycles. The Hall–Kier alpha value is -3.27. The average molecular weight is 621 g/mol. The van der Waals surface area contributed by atoms with E-state index in [-0.39, 0.29) is 28.8 Å². The lowest BCUT2D eigenvalue weighted by Gasteiger charge is -2.33. The lowest BCUT2D eigenvalue weighted by Crippen LogP contribution is -2.52. The summed E-state index contributed by atoms with van der Waals surface area (Å²) >= 11 is 12.3. The van der Waals surface area contributed by atoms with Crippen LogP contribution in [0.4, 0.5) is 5.69 Å². The Labute approximate surface area is 252 Å². The maximum atomic E-state index is 14.1. The smallest absolute Gasteiger partial charge is 0.264 e. The summed E-state index contributed by atoms with van der Waals surface area (Å²) in [6.07, 6.45) is 1.03. The molecule has 3 aromatic carbocycles. The fourth-order valence-corrected chi connectivity index (χ4v) is 6.05. The molecule has 2 amide bonds. The van der Waals surface area contributed by atoms with E-state index in [2.05, 4.69) is 5.32 Å². The number of halogens is 2. The second-order valence-corrected chi connectivity index (χ2v) is 12.2. The van der Waals surface area contributed by atoms with E-state index >= 15 is 0 Å². The van der Waals surface area contributed by atoms with Gasteiger partial charge in [-0.05, 0) is 61.7 Å². The molecule has 0 fully saturated rings. The minimum atomic E-state index is -4.22. The van der Waals surface area contributed by atoms with Crippen LogP contribution in [-0.2, 0) is 26.2 Å². The van der Waals surface area contributed by atoms with E-state index in [4.69, 9.17) is 27.9 Å². The Morgan fingerprint density at radius 1 is 0.976 bits per heavy atom. The summed E-state index contributed by atoms with van der Waals surface area (Å²) in [5, 5.41) is 3.52. The zero-order valence-corrected chi connectivity index (χ0v) is 25.9. The van der Waals surface area contributed by atoms with Crippen LogP contribution in [0.5, 0.6) is 5.75 Å². The largest absolute Gasteiger partial charge is 0.495 e. The van der Waals surface area contributed by atoms with E-state index in [0.29, 0.717) is 28.6 Å². The van der Waals surface area contributed by atoms with Gasteiger partial charge in [-0.2, -0.15) is 0 Å². The predicted octanol–water partition coefficient (Wildman–Crippen LogP) is 5.84. The van der Waals surface area contributed by atoms with Crippen LogP contribution >= 0.6 is 23.2 Å². The maximum absolute atomic E-state index is 14.1. The quantitative estimate of drug-likeness (QED) is 0.259. The van der Waals surface area contributed by atoms with Gasteiger partial charge in [-0.25, -0.2) is 8.42 Å². The van der Waals surface area contributed by atoms with E-state index < -0.39 is 28.5 Å². The number of rotatable bonds is 13. The number of ether oxygens (including phenoxy) is 1. The second kappa shape index (κ2) is 14.6. The highest BCUT2D eigenvalue weighted by molar-refractivity contribution is 7.92. The van der Waals surface area contributed by atoms with Gasteiger partial charge in [0.25, 0.3) is 10.0 Å². The van der Waals surface area contributed by atoms with Gasteiger partial charge < -0.3 is 15.0 Å². The summed E-state index contributed by atoms with van der Waals surface area (Å²) in [6.45, 7) is 5.47. The first-order valence-electron chi connectivity index (χ1n) is 13.3. The van der Waals surface area contributed by atoms with Crippen molar-refractivity contribution in [3.05, 3.63) is 87.9 Å². The van der Waals surface area contributed by atoms with E-state index in [0.717, 1.165) is 16.3 Å². The molecule has 0 aliphatic carbocycles. The molecule has 0 saturated heterocycles. The number of carbonyl (C=O) groups excluding carboxylic acids is 2. The molecular formula is C30H35Cl2N3O5S. The number of benzene rings is 3. The number of amides is 2. The van der Waals surface area contributed by atoms with Crippen LogP contribution in [0.3, 0.4) is 0 Å². The third-order valence-electron chi connectivity index (χ3n) is 6.51. The van der Waals surface area contributed by atoms with Crippen molar-refractivity contribution in [2.75, 3.05) is 24.5 Å². The van der Waals surface area contributed by atoms with Crippen LogP contribution in [-0.4, -0.2) is 51.4 Å². The molecule has 1 unspecified atom stereocenters. The lowest BCUT2D eigenvalue weighted by atomic mass is 10.1. The highest BCUT2D eigenvalue weighted by Gasteiger charge is 2.34. The van der Waals surface area contributed by atoms with Crippen molar-refractivity contribution in [1.29, 1.82) is 0 Å². The number of sulfonamides is 1. The van der Waals surface area contributed by atoms with Gasteiger partial charge in [-0.3, -0.25) is 13.9 Å². The fraction of sp³-hybridized carbons (Fsp3) is 0.333.